The zero-order valence-electron chi connectivity index (χ0n) is 8.88. The van der Waals surface area contributed by atoms with Crippen molar-refractivity contribution in [1.29, 1.82) is 0 Å². The molecular formula is C13H12O3. The minimum absolute atomic E-state index is 0.0303. The van der Waals surface area contributed by atoms with Gasteiger partial charge in [0, 0.05) is 5.57 Å². The van der Waals surface area contributed by atoms with Crippen LogP contribution in [0.25, 0.3) is 6.08 Å². The molecule has 0 aromatic heterocycles. The van der Waals surface area contributed by atoms with E-state index in [-0.39, 0.29) is 11.4 Å². The molecule has 0 atom stereocenters. The predicted molar refractivity (Wildman–Crippen MR) is 61.9 cm³/mol. The topological polar surface area (TPSA) is 54.4 Å². The molecule has 0 spiro atoms. The third-order valence-electron chi connectivity index (χ3n) is 1.94. The Bertz CT molecular complexity index is 442. The number of carbonyl (C=O) groups is 2. The van der Waals surface area contributed by atoms with E-state index in [1.165, 1.54) is 13.0 Å². The van der Waals surface area contributed by atoms with Gasteiger partial charge in [0.2, 0.25) is 0 Å². The fraction of sp³-hybridized carbons (Fsp3) is 0.0769. The fourth-order valence-electron chi connectivity index (χ4n) is 1.07. The highest BCUT2D eigenvalue weighted by molar-refractivity contribution is 6.06. The third kappa shape index (κ3) is 3.92. The molecule has 0 amide bonds. The Balaban J connectivity index is 2.69. The van der Waals surface area contributed by atoms with E-state index in [1.54, 1.807) is 6.08 Å². The van der Waals surface area contributed by atoms with Crippen LogP contribution in [0, 0.1) is 0 Å². The minimum Gasteiger partial charge on any atom is -0.478 e. The first-order valence-corrected chi connectivity index (χ1v) is 4.78. The summed E-state index contributed by atoms with van der Waals surface area (Å²) in [7, 11) is 0. The van der Waals surface area contributed by atoms with Gasteiger partial charge in [-0.25, -0.2) is 4.79 Å². The van der Waals surface area contributed by atoms with Crippen molar-refractivity contribution in [3.63, 3.8) is 0 Å². The molecule has 0 radical (unpaired) electrons. The zero-order chi connectivity index (χ0) is 12.0. The molecule has 0 unspecified atom stereocenters. The van der Waals surface area contributed by atoms with E-state index in [0.717, 1.165) is 11.6 Å². The number of benzene rings is 1. The normalized spacial score (nSPS) is 11.7. The van der Waals surface area contributed by atoms with E-state index in [9.17, 15) is 9.59 Å². The zero-order valence-corrected chi connectivity index (χ0v) is 8.88. The van der Waals surface area contributed by atoms with Crippen LogP contribution in [0.5, 0.6) is 0 Å². The van der Waals surface area contributed by atoms with Crippen molar-refractivity contribution < 1.29 is 14.7 Å². The molecule has 0 aliphatic heterocycles. The van der Waals surface area contributed by atoms with Crippen LogP contribution in [0.2, 0.25) is 0 Å². The van der Waals surface area contributed by atoms with Crippen LogP contribution in [-0.4, -0.2) is 16.9 Å². The number of rotatable bonds is 4. The van der Waals surface area contributed by atoms with Gasteiger partial charge < -0.3 is 5.11 Å². The summed E-state index contributed by atoms with van der Waals surface area (Å²) in [5.41, 5.74) is 0.930. The smallest absolute Gasteiger partial charge is 0.331 e. The van der Waals surface area contributed by atoms with Gasteiger partial charge in [0.15, 0.2) is 5.78 Å². The van der Waals surface area contributed by atoms with Gasteiger partial charge in [-0.3, -0.25) is 4.79 Å². The second-order valence-electron chi connectivity index (χ2n) is 3.28. The summed E-state index contributed by atoms with van der Waals surface area (Å²) in [5, 5.41) is 8.57. The minimum atomic E-state index is -1.08. The summed E-state index contributed by atoms with van der Waals surface area (Å²) >= 11 is 0. The van der Waals surface area contributed by atoms with Crippen molar-refractivity contribution in [2.24, 2.45) is 0 Å². The van der Waals surface area contributed by atoms with Crippen LogP contribution < -0.4 is 0 Å². The van der Waals surface area contributed by atoms with Gasteiger partial charge in [-0.15, -0.1) is 0 Å². The highest BCUT2D eigenvalue weighted by Gasteiger charge is 2.01. The summed E-state index contributed by atoms with van der Waals surface area (Å²) in [4.78, 5) is 21.8. The number of hydrogen-bond acceptors (Lipinski definition) is 2. The molecular weight excluding hydrogens is 204 g/mol. The summed E-state index contributed by atoms with van der Waals surface area (Å²) < 4.78 is 0. The maximum atomic E-state index is 11.3. The Labute approximate surface area is 93.7 Å². The molecule has 82 valence electrons. The molecule has 0 aliphatic carbocycles. The molecule has 1 rings (SSSR count). The monoisotopic (exact) mass is 216 g/mol. The molecule has 1 aromatic rings. The third-order valence-corrected chi connectivity index (χ3v) is 1.94. The van der Waals surface area contributed by atoms with E-state index in [4.69, 9.17) is 5.11 Å². The molecule has 0 bridgehead atoms. The van der Waals surface area contributed by atoms with Gasteiger partial charge >= 0.3 is 5.97 Å². The van der Waals surface area contributed by atoms with Gasteiger partial charge in [0.05, 0.1) is 0 Å². The maximum absolute atomic E-state index is 11.3. The lowest BCUT2D eigenvalue weighted by atomic mass is 10.1. The van der Waals surface area contributed by atoms with Gasteiger partial charge in [-0.1, -0.05) is 36.4 Å². The van der Waals surface area contributed by atoms with Crippen molar-refractivity contribution in [3.05, 3.63) is 53.6 Å². The maximum Gasteiger partial charge on any atom is 0.331 e. The molecule has 3 heteroatoms. The Kier molecular flexibility index (Phi) is 4.21. The number of carboxylic acid groups (broad SMARTS) is 1. The van der Waals surface area contributed by atoms with Crippen LogP contribution in [0.1, 0.15) is 12.5 Å². The second-order valence-corrected chi connectivity index (χ2v) is 3.28. The number of allylic oxidation sites excluding steroid dienone is 2. The van der Waals surface area contributed by atoms with Crippen LogP contribution in [0.15, 0.2) is 48.1 Å². The number of hydrogen-bond donors (Lipinski definition) is 1. The molecule has 1 aromatic carbocycles. The van der Waals surface area contributed by atoms with E-state index < -0.39 is 5.97 Å². The molecule has 0 saturated heterocycles. The molecule has 0 fully saturated rings. The quantitative estimate of drug-likeness (QED) is 0.785. The first kappa shape index (κ1) is 11.9. The molecule has 1 N–H and O–H groups in total. The van der Waals surface area contributed by atoms with Crippen molar-refractivity contribution >= 4 is 17.8 Å². The van der Waals surface area contributed by atoms with Crippen LogP contribution in [-0.2, 0) is 9.59 Å². The van der Waals surface area contributed by atoms with Crippen LogP contribution >= 0.6 is 0 Å². The van der Waals surface area contributed by atoms with Crippen molar-refractivity contribution in [2.45, 2.75) is 6.92 Å². The SMILES string of the molecule is C/C(=C\C(=O)/C=C/c1ccccc1)C(=O)O. The van der Waals surface area contributed by atoms with Gasteiger partial charge in [0.25, 0.3) is 0 Å². The Morgan fingerprint density at radius 2 is 1.81 bits per heavy atom. The number of aliphatic carboxylic acids is 1. The first-order valence-electron chi connectivity index (χ1n) is 4.78. The lowest BCUT2D eigenvalue weighted by Crippen LogP contribution is -1.99. The average Bonchev–Trinajstić information content (AvgIpc) is 2.27. The summed E-state index contributed by atoms with van der Waals surface area (Å²) in [6, 6.07) is 9.33. The first-order chi connectivity index (χ1) is 7.59. The predicted octanol–water partition coefficient (Wildman–Crippen LogP) is 2.30. The molecule has 0 aliphatic rings. The number of carboxylic acids is 1. The second kappa shape index (κ2) is 5.66. The Morgan fingerprint density at radius 3 is 2.38 bits per heavy atom. The highest BCUT2D eigenvalue weighted by Crippen LogP contribution is 2.02. The highest BCUT2D eigenvalue weighted by atomic mass is 16.4. The molecule has 3 nitrogen and oxygen atoms in total. The van der Waals surface area contributed by atoms with E-state index >= 15 is 0 Å². The van der Waals surface area contributed by atoms with Crippen LogP contribution in [0.4, 0.5) is 0 Å². The summed E-state index contributed by atoms with van der Waals surface area (Å²) in [6.45, 7) is 1.39. The van der Waals surface area contributed by atoms with E-state index in [1.807, 2.05) is 30.3 Å². The Morgan fingerprint density at radius 1 is 1.19 bits per heavy atom. The van der Waals surface area contributed by atoms with Gasteiger partial charge in [-0.2, -0.15) is 0 Å². The molecule has 16 heavy (non-hydrogen) atoms. The Hall–Kier alpha value is -2.16. The van der Waals surface area contributed by atoms with Crippen molar-refractivity contribution in [3.8, 4) is 0 Å². The lowest BCUT2D eigenvalue weighted by Gasteiger charge is -1.91. The number of carbonyl (C=O) groups excluding carboxylic acids is 1. The summed E-state index contributed by atoms with van der Waals surface area (Å²) in [5.74, 6) is -1.41. The van der Waals surface area contributed by atoms with Crippen molar-refractivity contribution in [2.75, 3.05) is 0 Å². The van der Waals surface area contributed by atoms with Crippen molar-refractivity contribution in [1.82, 2.24) is 0 Å². The molecule has 0 heterocycles. The fourth-order valence-corrected chi connectivity index (χ4v) is 1.07. The van der Waals surface area contributed by atoms with E-state index in [2.05, 4.69) is 0 Å². The average molecular weight is 216 g/mol. The van der Waals surface area contributed by atoms with Gasteiger partial charge in [0.1, 0.15) is 0 Å². The summed E-state index contributed by atoms with van der Waals surface area (Å²) in [6.07, 6.45) is 4.09. The standard InChI is InChI=1S/C13H12O3/c1-10(13(15)16)9-12(14)8-7-11-5-3-2-4-6-11/h2-9H,1H3,(H,15,16)/b8-7+,10-9+. The van der Waals surface area contributed by atoms with E-state index in [0.29, 0.717) is 0 Å². The van der Waals surface area contributed by atoms with Gasteiger partial charge in [-0.05, 0) is 24.6 Å². The number of ketones is 1. The van der Waals surface area contributed by atoms with Crippen LogP contribution in [0.3, 0.4) is 0 Å². The molecule has 0 saturated carbocycles. The lowest BCUT2D eigenvalue weighted by molar-refractivity contribution is -0.132. The largest absolute Gasteiger partial charge is 0.478 e.